The SMILES string of the molecule is CN=C(NCC1(C)CCCC1)N1CCC(OCC2CCCC2)CC1. The fraction of sp³-hybridized carbons (Fsp3) is 0.950. The van der Waals surface area contributed by atoms with E-state index in [1.165, 1.54) is 51.4 Å². The fourth-order valence-corrected chi connectivity index (χ4v) is 4.71. The van der Waals surface area contributed by atoms with Crippen molar-refractivity contribution in [2.75, 3.05) is 33.3 Å². The molecule has 0 atom stereocenters. The Labute approximate surface area is 148 Å². The Kier molecular flexibility index (Phi) is 6.43. The number of guanidine groups is 1. The molecule has 0 radical (unpaired) electrons. The molecule has 3 aliphatic rings. The average molecular weight is 336 g/mol. The van der Waals surface area contributed by atoms with Crippen LogP contribution in [0.4, 0.5) is 0 Å². The van der Waals surface area contributed by atoms with Gasteiger partial charge in [-0.2, -0.15) is 0 Å². The van der Waals surface area contributed by atoms with Crippen molar-refractivity contribution in [1.29, 1.82) is 0 Å². The average Bonchev–Trinajstić information content (AvgIpc) is 3.27. The van der Waals surface area contributed by atoms with Gasteiger partial charge < -0.3 is 15.0 Å². The van der Waals surface area contributed by atoms with Gasteiger partial charge in [0.25, 0.3) is 0 Å². The van der Waals surface area contributed by atoms with Crippen molar-refractivity contribution >= 4 is 5.96 Å². The Bertz CT molecular complexity index is 403. The molecule has 0 bridgehead atoms. The highest BCUT2D eigenvalue weighted by molar-refractivity contribution is 5.80. The summed E-state index contributed by atoms with van der Waals surface area (Å²) in [6.45, 7) is 6.63. The second-order valence-electron chi connectivity index (χ2n) is 8.59. The molecule has 1 N–H and O–H groups in total. The number of nitrogens with zero attached hydrogens (tertiary/aromatic N) is 2. The molecule has 4 nitrogen and oxygen atoms in total. The second kappa shape index (κ2) is 8.55. The Morgan fingerprint density at radius 2 is 1.75 bits per heavy atom. The molecule has 2 aliphatic carbocycles. The maximum atomic E-state index is 6.20. The largest absolute Gasteiger partial charge is 0.378 e. The predicted octanol–water partition coefficient (Wildman–Crippen LogP) is 3.81. The Morgan fingerprint density at radius 1 is 1.08 bits per heavy atom. The van der Waals surface area contributed by atoms with Crippen molar-refractivity contribution in [2.24, 2.45) is 16.3 Å². The molecule has 138 valence electrons. The third-order valence-corrected chi connectivity index (χ3v) is 6.48. The van der Waals surface area contributed by atoms with Gasteiger partial charge in [-0.05, 0) is 49.9 Å². The number of aliphatic imine (C=N–C) groups is 1. The highest BCUT2D eigenvalue weighted by Gasteiger charge is 2.30. The van der Waals surface area contributed by atoms with Crippen LogP contribution in [0.25, 0.3) is 0 Å². The van der Waals surface area contributed by atoms with Crippen LogP contribution >= 0.6 is 0 Å². The van der Waals surface area contributed by atoms with Gasteiger partial charge in [-0.3, -0.25) is 4.99 Å². The van der Waals surface area contributed by atoms with Crippen molar-refractivity contribution < 1.29 is 4.74 Å². The molecular formula is C20H37N3O. The van der Waals surface area contributed by atoms with Crippen LogP contribution < -0.4 is 5.32 Å². The molecule has 1 saturated heterocycles. The summed E-state index contributed by atoms with van der Waals surface area (Å²) in [6.07, 6.45) is 13.8. The number of piperidine rings is 1. The van der Waals surface area contributed by atoms with Gasteiger partial charge in [0.05, 0.1) is 6.10 Å². The van der Waals surface area contributed by atoms with Gasteiger partial charge in [-0.25, -0.2) is 0 Å². The van der Waals surface area contributed by atoms with E-state index >= 15 is 0 Å². The van der Waals surface area contributed by atoms with E-state index in [1.54, 1.807) is 0 Å². The molecule has 1 aliphatic heterocycles. The Hall–Kier alpha value is -0.770. The predicted molar refractivity (Wildman–Crippen MR) is 100 cm³/mol. The normalized spacial score (nSPS) is 26.2. The van der Waals surface area contributed by atoms with E-state index < -0.39 is 0 Å². The van der Waals surface area contributed by atoms with E-state index in [0.717, 1.165) is 51.0 Å². The molecule has 0 unspecified atom stereocenters. The Morgan fingerprint density at radius 3 is 2.38 bits per heavy atom. The molecule has 4 heteroatoms. The van der Waals surface area contributed by atoms with Crippen LogP contribution in [0.3, 0.4) is 0 Å². The van der Waals surface area contributed by atoms with Gasteiger partial charge in [0.15, 0.2) is 5.96 Å². The molecular weight excluding hydrogens is 298 g/mol. The minimum atomic E-state index is 0.465. The van der Waals surface area contributed by atoms with E-state index in [4.69, 9.17) is 4.74 Å². The summed E-state index contributed by atoms with van der Waals surface area (Å²) in [4.78, 5) is 6.95. The van der Waals surface area contributed by atoms with Crippen molar-refractivity contribution in [3.8, 4) is 0 Å². The smallest absolute Gasteiger partial charge is 0.193 e. The van der Waals surface area contributed by atoms with E-state index in [1.807, 2.05) is 7.05 Å². The number of rotatable bonds is 5. The van der Waals surface area contributed by atoms with Crippen LogP contribution in [0.1, 0.15) is 71.1 Å². The first-order valence-corrected chi connectivity index (χ1v) is 10.3. The van der Waals surface area contributed by atoms with Gasteiger partial charge in [-0.1, -0.05) is 32.6 Å². The molecule has 0 aromatic rings. The first kappa shape index (κ1) is 18.0. The summed E-state index contributed by atoms with van der Waals surface area (Å²) in [6, 6.07) is 0. The molecule has 0 aromatic heterocycles. The molecule has 3 fully saturated rings. The number of nitrogens with one attached hydrogen (secondary N) is 1. The standard InChI is InChI=1S/C20H37N3O/c1-20(11-5-6-12-20)16-22-19(21-2)23-13-9-18(10-14-23)24-15-17-7-3-4-8-17/h17-18H,3-16H2,1-2H3,(H,21,22). The number of likely N-dealkylation sites (tertiary alicyclic amines) is 1. The van der Waals surface area contributed by atoms with Crippen LogP contribution in [-0.4, -0.2) is 50.3 Å². The zero-order chi connectivity index (χ0) is 16.8. The topological polar surface area (TPSA) is 36.9 Å². The Balaban J connectivity index is 1.37. The van der Waals surface area contributed by atoms with Crippen molar-refractivity contribution in [3.05, 3.63) is 0 Å². The molecule has 3 rings (SSSR count). The summed E-state index contributed by atoms with van der Waals surface area (Å²) in [5, 5.41) is 3.65. The van der Waals surface area contributed by atoms with Crippen LogP contribution in [0.15, 0.2) is 4.99 Å². The van der Waals surface area contributed by atoms with Gasteiger partial charge in [0.2, 0.25) is 0 Å². The molecule has 0 spiro atoms. The highest BCUT2D eigenvalue weighted by atomic mass is 16.5. The molecule has 1 heterocycles. The quantitative estimate of drug-likeness (QED) is 0.613. The van der Waals surface area contributed by atoms with Crippen LogP contribution in [0, 0.1) is 11.3 Å². The van der Waals surface area contributed by atoms with E-state index in [9.17, 15) is 0 Å². The highest BCUT2D eigenvalue weighted by Crippen LogP contribution is 2.36. The van der Waals surface area contributed by atoms with Gasteiger partial charge in [0, 0.05) is 33.3 Å². The first-order valence-electron chi connectivity index (χ1n) is 10.3. The maximum absolute atomic E-state index is 6.20. The van der Waals surface area contributed by atoms with Crippen LogP contribution in [0.5, 0.6) is 0 Å². The van der Waals surface area contributed by atoms with Gasteiger partial charge in [0.1, 0.15) is 0 Å². The lowest BCUT2D eigenvalue weighted by molar-refractivity contribution is 0.000952. The molecule has 24 heavy (non-hydrogen) atoms. The molecule has 0 aromatic carbocycles. The summed E-state index contributed by atoms with van der Waals surface area (Å²) in [7, 11) is 1.92. The first-order chi connectivity index (χ1) is 11.7. The number of hydrogen-bond donors (Lipinski definition) is 1. The zero-order valence-corrected chi connectivity index (χ0v) is 15.9. The second-order valence-corrected chi connectivity index (χ2v) is 8.59. The number of hydrogen-bond acceptors (Lipinski definition) is 2. The zero-order valence-electron chi connectivity index (χ0n) is 15.9. The third kappa shape index (κ3) is 4.87. The van der Waals surface area contributed by atoms with Crippen LogP contribution in [0.2, 0.25) is 0 Å². The van der Waals surface area contributed by atoms with Gasteiger partial charge >= 0.3 is 0 Å². The molecule has 0 amide bonds. The monoisotopic (exact) mass is 335 g/mol. The molecule has 2 saturated carbocycles. The van der Waals surface area contributed by atoms with Crippen molar-refractivity contribution in [3.63, 3.8) is 0 Å². The van der Waals surface area contributed by atoms with Crippen LogP contribution in [-0.2, 0) is 4.74 Å². The van der Waals surface area contributed by atoms with E-state index in [0.29, 0.717) is 11.5 Å². The fourth-order valence-electron chi connectivity index (χ4n) is 4.71. The minimum absolute atomic E-state index is 0.465. The third-order valence-electron chi connectivity index (χ3n) is 6.48. The lowest BCUT2D eigenvalue weighted by atomic mass is 9.89. The van der Waals surface area contributed by atoms with E-state index in [2.05, 4.69) is 22.1 Å². The van der Waals surface area contributed by atoms with Crippen molar-refractivity contribution in [1.82, 2.24) is 10.2 Å². The van der Waals surface area contributed by atoms with E-state index in [-0.39, 0.29) is 0 Å². The van der Waals surface area contributed by atoms with Gasteiger partial charge in [-0.15, -0.1) is 0 Å². The summed E-state index contributed by atoms with van der Waals surface area (Å²) in [5.41, 5.74) is 0.471. The summed E-state index contributed by atoms with van der Waals surface area (Å²) in [5.74, 6) is 1.93. The minimum Gasteiger partial charge on any atom is -0.378 e. The summed E-state index contributed by atoms with van der Waals surface area (Å²) < 4.78 is 6.20. The number of ether oxygens (including phenoxy) is 1. The lowest BCUT2D eigenvalue weighted by Gasteiger charge is -2.36. The van der Waals surface area contributed by atoms with Crippen molar-refractivity contribution in [2.45, 2.75) is 77.2 Å². The maximum Gasteiger partial charge on any atom is 0.193 e. The lowest BCUT2D eigenvalue weighted by Crippen LogP contribution is -2.49. The summed E-state index contributed by atoms with van der Waals surface area (Å²) >= 11 is 0.